The molecule has 0 amide bonds. The van der Waals surface area contributed by atoms with Crippen molar-refractivity contribution in [2.24, 2.45) is 7.05 Å². The van der Waals surface area contributed by atoms with Crippen molar-refractivity contribution in [1.82, 2.24) is 14.6 Å². The Labute approximate surface area is 89.5 Å². The van der Waals surface area contributed by atoms with Gasteiger partial charge in [-0.2, -0.15) is 0 Å². The van der Waals surface area contributed by atoms with Gasteiger partial charge in [-0.15, -0.1) is 0 Å². The molecular formula is C9H15N3O2S. The van der Waals surface area contributed by atoms with Crippen LogP contribution >= 0.6 is 0 Å². The Morgan fingerprint density at radius 2 is 2.40 bits per heavy atom. The lowest BCUT2D eigenvalue weighted by molar-refractivity contribution is 0.560. The van der Waals surface area contributed by atoms with E-state index in [1.54, 1.807) is 30.1 Å². The predicted molar refractivity (Wildman–Crippen MR) is 57.0 cm³/mol. The summed E-state index contributed by atoms with van der Waals surface area (Å²) in [6.07, 6.45) is 4.18. The van der Waals surface area contributed by atoms with Crippen LogP contribution in [-0.2, 0) is 17.1 Å². The summed E-state index contributed by atoms with van der Waals surface area (Å²) in [7, 11) is -1.53. The molecule has 2 heterocycles. The summed E-state index contributed by atoms with van der Waals surface area (Å²) in [5.74, 6) is 0. The van der Waals surface area contributed by atoms with Gasteiger partial charge in [0.25, 0.3) is 0 Å². The zero-order valence-corrected chi connectivity index (χ0v) is 9.42. The van der Waals surface area contributed by atoms with E-state index >= 15 is 0 Å². The molecule has 0 spiro atoms. The van der Waals surface area contributed by atoms with Crippen molar-refractivity contribution in [2.45, 2.75) is 17.4 Å². The van der Waals surface area contributed by atoms with Crippen LogP contribution in [0.5, 0.6) is 0 Å². The minimum Gasteiger partial charge on any atom is -0.356 e. The molecule has 0 saturated carbocycles. The van der Waals surface area contributed by atoms with Crippen LogP contribution in [0.15, 0.2) is 23.4 Å². The van der Waals surface area contributed by atoms with Crippen LogP contribution in [-0.4, -0.2) is 32.1 Å². The monoisotopic (exact) mass is 229 g/mol. The highest BCUT2D eigenvalue weighted by Crippen LogP contribution is 2.10. The lowest BCUT2D eigenvalue weighted by atomic mass is 10.3. The third-order valence-corrected chi connectivity index (χ3v) is 4.00. The van der Waals surface area contributed by atoms with Crippen molar-refractivity contribution in [1.29, 1.82) is 0 Å². The fourth-order valence-corrected chi connectivity index (χ4v) is 3.00. The molecule has 0 aromatic carbocycles. The van der Waals surface area contributed by atoms with Crippen molar-refractivity contribution in [3.63, 3.8) is 0 Å². The summed E-state index contributed by atoms with van der Waals surface area (Å²) in [6.45, 7) is 1.59. The molecule has 6 heteroatoms. The Morgan fingerprint density at radius 3 is 2.93 bits per heavy atom. The molecule has 1 unspecified atom stereocenters. The highest BCUT2D eigenvalue weighted by molar-refractivity contribution is 7.89. The largest absolute Gasteiger partial charge is 0.356 e. The summed E-state index contributed by atoms with van der Waals surface area (Å²) in [4.78, 5) is 0.330. The Bertz CT molecular complexity index is 432. The van der Waals surface area contributed by atoms with Gasteiger partial charge >= 0.3 is 0 Å². The van der Waals surface area contributed by atoms with Crippen molar-refractivity contribution in [3.8, 4) is 0 Å². The van der Waals surface area contributed by atoms with Gasteiger partial charge in [-0.05, 0) is 19.0 Å². The van der Waals surface area contributed by atoms with Gasteiger partial charge in [0.1, 0.15) is 0 Å². The van der Waals surface area contributed by atoms with Gasteiger partial charge in [0, 0.05) is 32.0 Å². The van der Waals surface area contributed by atoms with E-state index in [1.807, 2.05) is 0 Å². The number of rotatable bonds is 3. The van der Waals surface area contributed by atoms with Crippen LogP contribution in [0, 0.1) is 0 Å². The molecule has 15 heavy (non-hydrogen) atoms. The van der Waals surface area contributed by atoms with E-state index in [4.69, 9.17) is 0 Å². The Hall–Kier alpha value is -0.850. The van der Waals surface area contributed by atoms with Gasteiger partial charge < -0.3 is 9.88 Å². The number of nitrogens with one attached hydrogen (secondary N) is 2. The third kappa shape index (κ3) is 2.39. The van der Waals surface area contributed by atoms with Crippen LogP contribution in [0.2, 0.25) is 0 Å². The van der Waals surface area contributed by atoms with E-state index in [2.05, 4.69) is 10.0 Å². The minimum atomic E-state index is -3.33. The first-order valence-corrected chi connectivity index (χ1v) is 6.41. The van der Waals surface area contributed by atoms with Crippen LogP contribution in [0.4, 0.5) is 0 Å². The summed E-state index contributed by atoms with van der Waals surface area (Å²) >= 11 is 0. The zero-order valence-electron chi connectivity index (χ0n) is 8.60. The summed E-state index contributed by atoms with van der Waals surface area (Å²) in [5, 5.41) is 3.12. The molecule has 1 atom stereocenters. The van der Waals surface area contributed by atoms with Crippen LogP contribution < -0.4 is 10.0 Å². The second-order valence-corrected chi connectivity index (χ2v) is 5.54. The summed E-state index contributed by atoms with van der Waals surface area (Å²) in [6, 6.07) is 1.63. The lowest BCUT2D eigenvalue weighted by Crippen LogP contribution is -2.36. The fourth-order valence-electron chi connectivity index (χ4n) is 1.68. The Kier molecular flexibility index (Phi) is 2.81. The van der Waals surface area contributed by atoms with Crippen molar-refractivity contribution in [3.05, 3.63) is 18.5 Å². The third-order valence-electron chi connectivity index (χ3n) is 2.50. The first-order valence-electron chi connectivity index (χ1n) is 4.93. The van der Waals surface area contributed by atoms with Gasteiger partial charge in [-0.1, -0.05) is 0 Å². The maximum Gasteiger partial charge on any atom is 0.242 e. The number of aromatic nitrogens is 1. The second kappa shape index (κ2) is 3.96. The van der Waals surface area contributed by atoms with Crippen LogP contribution in [0.3, 0.4) is 0 Å². The van der Waals surface area contributed by atoms with E-state index in [0.717, 1.165) is 13.0 Å². The van der Waals surface area contributed by atoms with Gasteiger partial charge in [0.05, 0.1) is 4.90 Å². The molecule has 84 valence electrons. The SMILES string of the molecule is Cn1ccc(S(=O)(=O)NC2CCNC2)c1. The number of sulfonamides is 1. The van der Waals surface area contributed by atoms with Gasteiger partial charge in [-0.25, -0.2) is 13.1 Å². The van der Waals surface area contributed by atoms with Gasteiger partial charge in [-0.3, -0.25) is 0 Å². The average Bonchev–Trinajstić information content (AvgIpc) is 2.75. The zero-order chi connectivity index (χ0) is 10.9. The first-order chi connectivity index (χ1) is 7.08. The highest BCUT2D eigenvalue weighted by Gasteiger charge is 2.22. The smallest absolute Gasteiger partial charge is 0.242 e. The Morgan fingerprint density at radius 1 is 1.60 bits per heavy atom. The summed E-state index contributed by atoms with van der Waals surface area (Å²) < 4.78 is 28.1. The quantitative estimate of drug-likeness (QED) is 0.745. The topological polar surface area (TPSA) is 63.1 Å². The van der Waals surface area contributed by atoms with Crippen LogP contribution in [0.1, 0.15) is 6.42 Å². The van der Waals surface area contributed by atoms with Gasteiger partial charge in [0.2, 0.25) is 10.0 Å². The molecule has 5 nitrogen and oxygen atoms in total. The maximum atomic E-state index is 11.8. The molecule has 1 fully saturated rings. The highest BCUT2D eigenvalue weighted by atomic mass is 32.2. The standard InChI is InChI=1S/C9H15N3O2S/c1-12-5-3-9(7-12)15(13,14)11-8-2-4-10-6-8/h3,5,7-8,10-11H,2,4,6H2,1H3. The Balaban J connectivity index is 2.12. The minimum absolute atomic E-state index is 0.0233. The molecule has 1 aliphatic rings. The number of hydrogen-bond donors (Lipinski definition) is 2. The molecule has 2 rings (SSSR count). The average molecular weight is 229 g/mol. The molecule has 1 saturated heterocycles. The normalized spacial score (nSPS) is 22.1. The molecular weight excluding hydrogens is 214 g/mol. The molecule has 1 aliphatic heterocycles. The first kappa shape index (κ1) is 10.7. The molecule has 2 N–H and O–H groups in total. The molecule has 1 aromatic rings. The van der Waals surface area contributed by atoms with E-state index in [-0.39, 0.29) is 6.04 Å². The number of aryl methyl sites for hydroxylation is 1. The van der Waals surface area contributed by atoms with Crippen molar-refractivity contribution < 1.29 is 8.42 Å². The summed E-state index contributed by atoms with van der Waals surface area (Å²) in [5.41, 5.74) is 0. The molecule has 1 aromatic heterocycles. The van der Waals surface area contributed by atoms with E-state index in [9.17, 15) is 8.42 Å². The van der Waals surface area contributed by atoms with Gasteiger partial charge in [0.15, 0.2) is 0 Å². The molecule has 0 aliphatic carbocycles. The van der Waals surface area contributed by atoms with Crippen molar-refractivity contribution in [2.75, 3.05) is 13.1 Å². The van der Waals surface area contributed by atoms with E-state index in [0.29, 0.717) is 11.4 Å². The molecule has 0 radical (unpaired) electrons. The van der Waals surface area contributed by atoms with Crippen molar-refractivity contribution >= 4 is 10.0 Å². The molecule has 0 bridgehead atoms. The maximum absolute atomic E-state index is 11.8. The number of hydrogen-bond acceptors (Lipinski definition) is 3. The fraction of sp³-hybridized carbons (Fsp3) is 0.556. The predicted octanol–water partition coefficient (Wildman–Crippen LogP) is -0.335. The van der Waals surface area contributed by atoms with E-state index < -0.39 is 10.0 Å². The lowest BCUT2D eigenvalue weighted by Gasteiger charge is -2.10. The van der Waals surface area contributed by atoms with Crippen LogP contribution in [0.25, 0.3) is 0 Å². The number of nitrogens with zero attached hydrogens (tertiary/aromatic N) is 1. The second-order valence-electron chi connectivity index (χ2n) is 3.82. The van der Waals surface area contributed by atoms with E-state index in [1.165, 1.54) is 0 Å².